The van der Waals surface area contributed by atoms with Gasteiger partial charge in [-0.2, -0.15) is 0 Å². The molecule has 0 saturated carbocycles. The zero-order valence-corrected chi connectivity index (χ0v) is 16.7. The Balaban J connectivity index is 2.03. The number of carbonyl (C=O) groups is 1. The van der Waals surface area contributed by atoms with E-state index in [0.717, 1.165) is 30.9 Å². The summed E-state index contributed by atoms with van der Waals surface area (Å²) in [5, 5.41) is 4.88. The van der Waals surface area contributed by atoms with E-state index in [2.05, 4.69) is 28.9 Å². The molecule has 144 valence electrons. The average molecular weight is 389 g/mol. The summed E-state index contributed by atoms with van der Waals surface area (Å²) >= 11 is 6.39. The number of halogens is 1. The molecular weight excluding hydrogens is 364 g/mol. The van der Waals surface area contributed by atoms with Crippen LogP contribution in [0, 0.1) is 0 Å². The first kappa shape index (κ1) is 19.6. The fourth-order valence-corrected chi connectivity index (χ4v) is 3.59. The number of fused-ring (bicyclic) bond motifs is 1. The van der Waals surface area contributed by atoms with Gasteiger partial charge < -0.3 is 14.3 Å². The lowest BCUT2D eigenvalue weighted by Crippen LogP contribution is -2.39. The first-order valence-electron chi connectivity index (χ1n) is 9.40. The van der Waals surface area contributed by atoms with Gasteiger partial charge in [0, 0.05) is 30.1 Å². The summed E-state index contributed by atoms with van der Waals surface area (Å²) in [6, 6.07) is 7.04. The van der Waals surface area contributed by atoms with Gasteiger partial charge in [-0.15, -0.1) is 0 Å². The van der Waals surface area contributed by atoms with Crippen LogP contribution in [0.5, 0.6) is 0 Å². The van der Waals surface area contributed by atoms with Crippen molar-refractivity contribution in [3.63, 3.8) is 0 Å². The number of aryl methyl sites for hydroxylation is 1. The first-order chi connectivity index (χ1) is 13.1. The summed E-state index contributed by atoms with van der Waals surface area (Å²) in [4.78, 5) is 21.4. The van der Waals surface area contributed by atoms with Crippen LogP contribution < -0.4 is 4.90 Å². The second kappa shape index (κ2) is 8.67. The van der Waals surface area contributed by atoms with Gasteiger partial charge in [-0.05, 0) is 19.2 Å². The van der Waals surface area contributed by atoms with E-state index in [1.807, 2.05) is 31.2 Å². The van der Waals surface area contributed by atoms with E-state index < -0.39 is 6.04 Å². The molecule has 0 radical (unpaired) electrons. The summed E-state index contributed by atoms with van der Waals surface area (Å²) in [5.41, 5.74) is 2.18. The summed E-state index contributed by atoms with van der Waals surface area (Å²) in [7, 11) is 0. The Hall–Kier alpha value is -2.18. The molecule has 6 nitrogen and oxygen atoms in total. The summed E-state index contributed by atoms with van der Waals surface area (Å²) < 4.78 is 5.58. The molecule has 0 bridgehead atoms. The number of nitrogens with zero attached hydrogens (tertiary/aromatic N) is 4. The molecule has 3 rings (SSSR count). The fourth-order valence-electron chi connectivity index (χ4n) is 3.35. The van der Waals surface area contributed by atoms with Crippen molar-refractivity contribution in [1.29, 1.82) is 0 Å². The van der Waals surface area contributed by atoms with Crippen LogP contribution >= 0.6 is 11.6 Å². The van der Waals surface area contributed by atoms with Gasteiger partial charge in [0.15, 0.2) is 5.76 Å². The van der Waals surface area contributed by atoms with Crippen LogP contribution in [0.15, 0.2) is 33.8 Å². The zero-order chi connectivity index (χ0) is 19.4. The summed E-state index contributed by atoms with van der Waals surface area (Å²) in [6.45, 7) is 9.43. The van der Waals surface area contributed by atoms with Crippen molar-refractivity contribution in [1.82, 2.24) is 10.1 Å². The lowest BCUT2D eigenvalue weighted by molar-refractivity contribution is -0.112. The zero-order valence-electron chi connectivity index (χ0n) is 16.0. The van der Waals surface area contributed by atoms with E-state index in [9.17, 15) is 4.79 Å². The Morgan fingerprint density at radius 1 is 1.22 bits per heavy atom. The highest BCUT2D eigenvalue weighted by Crippen LogP contribution is 2.39. The molecule has 0 N–H and O–H groups in total. The highest BCUT2D eigenvalue weighted by atomic mass is 35.5. The maximum Gasteiger partial charge on any atom is 0.269 e. The second-order valence-electron chi connectivity index (χ2n) is 6.41. The molecule has 2 aromatic rings. The quantitative estimate of drug-likeness (QED) is 0.724. The smallest absolute Gasteiger partial charge is 0.269 e. The highest BCUT2D eigenvalue weighted by molar-refractivity contribution is 6.33. The van der Waals surface area contributed by atoms with E-state index in [-0.39, 0.29) is 5.91 Å². The lowest BCUT2D eigenvalue weighted by Gasteiger charge is -2.25. The van der Waals surface area contributed by atoms with Gasteiger partial charge in [0.1, 0.15) is 17.4 Å². The van der Waals surface area contributed by atoms with Gasteiger partial charge in [0.25, 0.3) is 5.91 Å². The number of hydrogen-bond acceptors (Lipinski definition) is 5. The van der Waals surface area contributed by atoms with Gasteiger partial charge in [-0.25, -0.2) is 0 Å². The lowest BCUT2D eigenvalue weighted by atomic mass is 10.0. The number of aliphatic imine (C=N–C) groups is 1. The van der Waals surface area contributed by atoms with Gasteiger partial charge in [-0.1, -0.05) is 55.7 Å². The van der Waals surface area contributed by atoms with Crippen molar-refractivity contribution in [2.45, 2.75) is 33.2 Å². The Kier molecular flexibility index (Phi) is 6.29. The molecule has 1 atom stereocenters. The number of anilines is 1. The minimum atomic E-state index is -0.458. The summed E-state index contributed by atoms with van der Waals surface area (Å²) in [6.07, 6.45) is 2.03. The second-order valence-corrected chi connectivity index (χ2v) is 6.82. The van der Waals surface area contributed by atoms with Crippen LogP contribution in [0.4, 0.5) is 5.69 Å². The molecule has 0 aliphatic carbocycles. The molecule has 27 heavy (non-hydrogen) atoms. The Morgan fingerprint density at radius 2 is 1.96 bits per heavy atom. The SMILES string of the molecule is CCc1onc2c1N(CCN(CC)CC)C(=O)C=NC2c1ccccc1Cl. The van der Waals surface area contributed by atoms with Crippen molar-refractivity contribution >= 4 is 29.4 Å². The van der Waals surface area contributed by atoms with Crippen LogP contribution in [0.2, 0.25) is 5.02 Å². The van der Waals surface area contributed by atoms with Crippen LogP contribution in [-0.2, 0) is 11.2 Å². The van der Waals surface area contributed by atoms with E-state index >= 15 is 0 Å². The standard InChI is InChI=1S/C20H25ClN4O2/c1-4-16-20-19(23-27-16)18(14-9-7-8-10-15(14)21)22-13-17(26)25(20)12-11-24(5-2)6-3/h7-10,13,18H,4-6,11-12H2,1-3H3. The van der Waals surface area contributed by atoms with Crippen molar-refractivity contribution in [3.05, 3.63) is 46.3 Å². The van der Waals surface area contributed by atoms with Crippen LogP contribution in [0.25, 0.3) is 0 Å². The Morgan fingerprint density at radius 3 is 2.63 bits per heavy atom. The van der Waals surface area contributed by atoms with Gasteiger partial charge in [0.05, 0.1) is 6.21 Å². The molecule has 0 fully saturated rings. The molecule has 1 amide bonds. The van der Waals surface area contributed by atoms with Crippen molar-refractivity contribution in [3.8, 4) is 0 Å². The minimum absolute atomic E-state index is 0.157. The normalized spacial score (nSPS) is 16.7. The van der Waals surface area contributed by atoms with Crippen LogP contribution in [0.3, 0.4) is 0 Å². The van der Waals surface area contributed by atoms with Gasteiger partial charge in [-0.3, -0.25) is 9.79 Å². The number of hydrogen-bond donors (Lipinski definition) is 0. The first-order valence-corrected chi connectivity index (χ1v) is 9.78. The Bertz CT molecular complexity index is 829. The topological polar surface area (TPSA) is 61.9 Å². The monoisotopic (exact) mass is 388 g/mol. The predicted molar refractivity (Wildman–Crippen MR) is 108 cm³/mol. The van der Waals surface area contributed by atoms with E-state index in [1.165, 1.54) is 6.21 Å². The molecule has 7 heteroatoms. The van der Waals surface area contributed by atoms with E-state index in [0.29, 0.717) is 29.4 Å². The van der Waals surface area contributed by atoms with Crippen molar-refractivity contribution in [2.24, 2.45) is 4.99 Å². The number of carbonyl (C=O) groups excluding carboxylic acids is 1. The molecule has 1 aliphatic rings. The van der Waals surface area contributed by atoms with E-state index in [1.54, 1.807) is 4.90 Å². The molecule has 1 unspecified atom stereocenters. The molecule has 1 aromatic carbocycles. The molecule has 1 aliphatic heterocycles. The third-order valence-corrected chi connectivity index (χ3v) is 5.29. The minimum Gasteiger partial charge on any atom is -0.359 e. The van der Waals surface area contributed by atoms with Crippen molar-refractivity contribution in [2.75, 3.05) is 31.1 Å². The number of rotatable bonds is 7. The Labute approximate surface area is 164 Å². The fraction of sp³-hybridized carbons (Fsp3) is 0.450. The maximum atomic E-state index is 12.8. The van der Waals surface area contributed by atoms with E-state index in [4.69, 9.17) is 16.1 Å². The number of amides is 1. The third kappa shape index (κ3) is 3.92. The third-order valence-electron chi connectivity index (χ3n) is 4.95. The highest BCUT2D eigenvalue weighted by Gasteiger charge is 2.33. The largest absolute Gasteiger partial charge is 0.359 e. The van der Waals surface area contributed by atoms with Crippen LogP contribution in [0.1, 0.15) is 43.8 Å². The number of likely N-dealkylation sites (N-methyl/N-ethyl adjacent to an activating group) is 1. The molecule has 0 spiro atoms. The molecular formula is C20H25ClN4O2. The number of benzene rings is 1. The maximum absolute atomic E-state index is 12.8. The summed E-state index contributed by atoms with van der Waals surface area (Å²) in [5.74, 6) is 0.538. The predicted octanol–water partition coefficient (Wildman–Crippen LogP) is 3.74. The van der Waals surface area contributed by atoms with Crippen molar-refractivity contribution < 1.29 is 9.32 Å². The van der Waals surface area contributed by atoms with Crippen LogP contribution in [-0.4, -0.2) is 48.4 Å². The number of aromatic nitrogens is 1. The molecule has 1 aromatic heterocycles. The average Bonchev–Trinajstić information content (AvgIpc) is 3.04. The van der Waals surface area contributed by atoms with Gasteiger partial charge in [0.2, 0.25) is 0 Å². The van der Waals surface area contributed by atoms with Gasteiger partial charge >= 0.3 is 0 Å². The molecule has 2 heterocycles. The molecule has 0 saturated heterocycles.